The van der Waals surface area contributed by atoms with Gasteiger partial charge in [0.1, 0.15) is 24.0 Å². The molecule has 1 aliphatic carbocycles. The quantitative estimate of drug-likeness (QED) is 0.359. The molecule has 0 aliphatic heterocycles. The van der Waals surface area contributed by atoms with Gasteiger partial charge in [-0.3, -0.25) is 4.79 Å². The molecule has 0 saturated heterocycles. The molecule has 186 valence electrons. The van der Waals surface area contributed by atoms with Crippen LogP contribution in [0.2, 0.25) is 0 Å². The highest BCUT2D eigenvalue weighted by Crippen LogP contribution is 2.42. The molecular formula is C24H28N4O5S2. The fraction of sp³-hybridized carbons (Fsp3) is 0.375. The van der Waals surface area contributed by atoms with Crippen LogP contribution in [0, 0.1) is 0 Å². The first-order valence-electron chi connectivity index (χ1n) is 11.2. The Morgan fingerprint density at radius 1 is 1.26 bits per heavy atom. The number of rotatable bonds is 8. The second-order valence-corrected chi connectivity index (χ2v) is 11.1. The van der Waals surface area contributed by atoms with Crippen LogP contribution < -0.4 is 10.5 Å². The number of nitrogens with two attached hydrogens (primary N) is 1. The van der Waals surface area contributed by atoms with Gasteiger partial charge in [0.2, 0.25) is 10.0 Å². The van der Waals surface area contributed by atoms with Gasteiger partial charge in [-0.05, 0) is 55.2 Å². The molecule has 0 spiro atoms. The number of hydrogen-bond donors (Lipinski definition) is 1. The minimum Gasteiger partial charge on any atom is -0.497 e. The van der Waals surface area contributed by atoms with E-state index in [0.717, 1.165) is 28.4 Å². The molecule has 35 heavy (non-hydrogen) atoms. The maximum Gasteiger partial charge on any atom is 0.321 e. The number of esters is 1. The van der Waals surface area contributed by atoms with Gasteiger partial charge in [0.25, 0.3) is 0 Å². The number of carbonyl (C=O) groups is 1. The van der Waals surface area contributed by atoms with Crippen molar-refractivity contribution in [3.05, 3.63) is 60.6 Å². The molecule has 2 unspecified atom stereocenters. The number of methoxy groups -OCH3 is 1. The number of thiocarbonyl (C=S) groups is 1. The zero-order valence-electron chi connectivity index (χ0n) is 19.6. The molecule has 2 heterocycles. The molecule has 0 amide bonds. The maximum atomic E-state index is 13.0. The lowest BCUT2D eigenvalue weighted by Crippen LogP contribution is -2.53. The number of pyridine rings is 1. The molecule has 0 bridgehead atoms. The summed E-state index contributed by atoms with van der Waals surface area (Å²) in [7, 11) is -1.06. The number of sulfonamides is 1. The number of fused-ring (bicyclic) bond motifs is 1. The molecule has 3 aromatic rings. The lowest BCUT2D eigenvalue weighted by atomic mass is 9.67. The Bertz CT molecular complexity index is 1340. The van der Waals surface area contributed by atoms with E-state index in [4.69, 9.17) is 27.4 Å². The van der Waals surface area contributed by atoms with E-state index in [9.17, 15) is 13.2 Å². The van der Waals surface area contributed by atoms with E-state index in [1.807, 2.05) is 28.9 Å². The molecule has 2 N–H and O–H groups in total. The summed E-state index contributed by atoms with van der Waals surface area (Å²) in [6.07, 6.45) is 7.74. The van der Waals surface area contributed by atoms with Gasteiger partial charge in [-0.2, -0.15) is 4.31 Å². The van der Waals surface area contributed by atoms with E-state index in [1.165, 1.54) is 26.3 Å². The SMILES string of the molecule is COc1ccc(S(=O)(=O)N(C)CC(=O)OC2CCCCC2(C(N)=S)c2ccc3nccn3c2)cc1. The number of benzene rings is 1. The van der Waals surface area contributed by atoms with Gasteiger partial charge in [-0.15, -0.1) is 0 Å². The third-order valence-corrected chi connectivity index (χ3v) is 8.76. The van der Waals surface area contributed by atoms with E-state index in [1.54, 1.807) is 18.3 Å². The van der Waals surface area contributed by atoms with Crippen LogP contribution >= 0.6 is 12.2 Å². The van der Waals surface area contributed by atoms with Gasteiger partial charge in [0.05, 0.1) is 22.4 Å². The highest BCUT2D eigenvalue weighted by molar-refractivity contribution is 7.89. The van der Waals surface area contributed by atoms with Crippen LogP contribution in [-0.2, 0) is 25.0 Å². The van der Waals surface area contributed by atoms with Crippen LogP contribution in [0.5, 0.6) is 5.75 Å². The van der Waals surface area contributed by atoms with E-state index >= 15 is 0 Å². The van der Waals surface area contributed by atoms with Crippen molar-refractivity contribution in [3.8, 4) is 5.75 Å². The van der Waals surface area contributed by atoms with Gasteiger partial charge in [0, 0.05) is 25.6 Å². The Labute approximate surface area is 209 Å². The molecule has 1 fully saturated rings. The summed E-state index contributed by atoms with van der Waals surface area (Å²) >= 11 is 5.52. The maximum absolute atomic E-state index is 13.0. The average Bonchev–Trinajstić information content (AvgIpc) is 3.32. The first kappa shape index (κ1) is 25.1. The van der Waals surface area contributed by atoms with Crippen molar-refractivity contribution in [2.75, 3.05) is 20.7 Å². The number of carbonyl (C=O) groups excluding carboxylic acids is 1. The van der Waals surface area contributed by atoms with Crippen molar-refractivity contribution < 1.29 is 22.7 Å². The lowest BCUT2D eigenvalue weighted by molar-refractivity contribution is -0.153. The van der Waals surface area contributed by atoms with Crippen LogP contribution in [-0.4, -0.2) is 59.9 Å². The molecule has 9 nitrogen and oxygen atoms in total. The predicted molar refractivity (Wildman–Crippen MR) is 135 cm³/mol. The van der Waals surface area contributed by atoms with Crippen LogP contribution in [0.3, 0.4) is 0 Å². The van der Waals surface area contributed by atoms with E-state index in [2.05, 4.69) is 4.98 Å². The van der Waals surface area contributed by atoms with Crippen LogP contribution in [0.25, 0.3) is 5.65 Å². The molecule has 2 atom stereocenters. The Kier molecular flexibility index (Phi) is 7.11. The monoisotopic (exact) mass is 516 g/mol. The van der Waals surface area contributed by atoms with Gasteiger partial charge in [-0.25, -0.2) is 13.4 Å². The second kappa shape index (κ2) is 9.92. The minimum atomic E-state index is -3.90. The van der Waals surface area contributed by atoms with E-state index < -0.39 is 34.1 Å². The number of ether oxygens (including phenoxy) is 2. The summed E-state index contributed by atoms with van der Waals surface area (Å²) in [6.45, 7) is -0.446. The Morgan fingerprint density at radius 3 is 2.69 bits per heavy atom. The van der Waals surface area contributed by atoms with E-state index in [-0.39, 0.29) is 9.88 Å². The van der Waals surface area contributed by atoms with Gasteiger partial charge in [0.15, 0.2) is 0 Å². The van der Waals surface area contributed by atoms with Crippen LogP contribution in [0.1, 0.15) is 31.2 Å². The van der Waals surface area contributed by atoms with Crippen LogP contribution in [0.4, 0.5) is 0 Å². The van der Waals surface area contributed by atoms with Crippen molar-refractivity contribution in [1.29, 1.82) is 0 Å². The van der Waals surface area contributed by atoms with Gasteiger partial charge in [-0.1, -0.05) is 24.7 Å². The summed E-state index contributed by atoms with van der Waals surface area (Å²) in [6, 6.07) is 9.75. The zero-order valence-corrected chi connectivity index (χ0v) is 21.2. The van der Waals surface area contributed by atoms with Gasteiger partial charge < -0.3 is 19.6 Å². The first-order valence-corrected chi connectivity index (χ1v) is 13.1. The smallest absolute Gasteiger partial charge is 0.321 e. The van der Waals surface area contributed by atoms with Crippen molar-refractivity contribution in [3.63, 3.8) is 0 Å². The number of aromatic nitrogens is 2. The summed E-state index contributed by atoms with van der Waals surface area (Å²) in [5, 5.41) is 0. The molecule has 2 aromatic heterocycles. The number of likely N-dealkylation sites (N-methyl/N-ethyl adjacent to an activating group) is 1. The Morgan fingerprint density at radius 2 is 2.00 bits per heavy atom. The van der Waals surface area contributed by atoms with Crippen molar-refractivity contribution in [2.24, 2.45) is 5.73 Å². The highest BCUT2D eigenvalue weighted by Gasteiger charge is 2.47. The summed E-state index contributed by atoms with van der Waals surface area (Å²) in [5.41, 5.74) is 7.06. The van der Waals surface area contributed by atoms with Crippen molar-refractivity contribution in [1.82, 2.24) is 13.7 Å². The summed E-state index contributed by atoms with van der Waals surface area (Å²) in [4.78, 5) is 17.5. The summed E-state index contributed by atoms with van der Waals surface area (Å²) < 4.78 is 39.7. The third-order valence-electron chi connectivity index (χ3n) is 6.57. The molecule has 4 rings (SSSR count). The summed E-state index contributed by atoms with van der Waals surface area (Å²) in [5.74, 6) is -0.132. The Balaban J connectivity index is 1.55. The van der Waals surface area contributed by atoms with Crippen molar-refractivity contribution in [2.45, 2.75) is 42.1 Å². The zero-order chi connectivity index (χ0) is 25.2. The molecule has 1 aliphatic rings. The average molecular weight is 517 g/mol. The largest absolute Gasteiger partial charge is 0.497 e. The van der Waals surface area contributed by atoms with Crippen LogP contribution in [0.15, 0.2) is 59.9 Å². The number of hydrogen-bond acceptors (Lipinski definition) is 7. The van der Waals surface area contributed by atoms with Gasteiger partial charge >= 0.3 is 5.97 Å². The lowest BCUT2D eigenvalue weighted by Gasteiger charge is -2.43. The number of nitrogens with zero attached hydrogens (tertiary/aromatic N) is 3. The normalized spacial score (nSPS) is 20.6. The predicted octanol–water partition coefficient (Wildman–Crippen LogP) is 2.67. The number of imidazole rings is 1. The Hall–Kier alpha value is -3.02. The molecule has 11 heteroatoms. The van der Waals surface area contributed by atoms with E-state index in [0.29, 0.717) is 18.6 Å². The standard InChI is InChI=1S/C24H28N4O5S2/c1-27(35(30,31)19-9-7-18(32-2)8-10-19)16-22(29)33-20-5-3-4-12-24(20,23(25)34)17-6-11-21-26-13-14-28(21)15-17/h6-11,13-15,20H,3-5,12,16H2,1-2H3,(H2,25,34). The molecule has 0 radical (unpaired) electrons. The minimum absolute atomic E-state index is 0.0531. The van der Waals surface area contributed by atoms with Crippen molar-refractivity contribution >= 4 is 38.8 Å². The molecular weight excluding hydrogens is 488 g/mol. The molecule has 1 aromatic carbocycles. The fourth-order valence-corrected chi connectivity index (χ4v) is 6.10. The topological polar surface area (TPSA) is 116 Å². The highest BCUT2D eigenvalue weighted by atomic mass is 32.2. The first-order chi connectivity index (χ1) is 16.7. The third kappa shape index (κ3) is 4.75. The fourth-order valence-electron chi connectivity index (χ4n) is 4.63. The second-order valence-electron chi connectivity index (χ2n) is 8.61. The molecule has 1 saturated carbocycles.